The monoisotopic (exact) mass is 666 g/mol. The topological polar surface area (TPSA) is 98.7 Å². The van der Waals surface area contributed by atoms with Crippen LogP contribution in [0.2, 0.25) is 0 Å². The lowest BCUT2D eigenvalue weighted by Gasteiger charge is -2.72. The van der Waals surface area contributed by atoms with Crippen LogP contribution in [0.4, 0.5) is 0 Å². The van der Waals surface area contributed by atoms with Crippen LogP contribution < -0.4 is 10.6 Å². The molecule has 0 bridgehead atoms. The number of hydrogen-bond acceptors (Lipinski definition) is 4. The van der Waals surface area contributed by atoms with Gasteiger partial charge in [0.05, 0.1) is 24.8 Å². The predicted molar refractivity (Wildman–Crippen MR) is 195 cm³/mol. The van der Waals surface area contributed by atoms with Gasteiger partial charge in [0.2, 0.25) is 5.91 Å². The Labute approximate surface area is 293 Å². The van der Waals surface area contributed by atoms with Crippen molar-refractivity contribution in [3.05, 3.63) is 77.4 Å². The molecule has 4 saturated carbocycles. The fourth-order valence-corrected chi connectivity index (χ4v) is 13.2. The molecule has 49 heavy (non-hydrogen) atoms. The zero-order valence-electron chi connectivity index (χ0n) is 30.4. The van der Waals surface area contributed by atoms with Gasteiger partial charge < -0.3 is 15.5 Å². The Bertz CT molecular complexity index is 1600. The Morgan fingerprint density at radius 3 is 2.24 bits per heavy atom. The molecule has 0 aromatic heterocycles. The lowest BCUT2D eigenvalue weighted by Crippen LogP contribution is -2.68. The van der Waals surface area contributed by atoms with Crippen LogP contribution in [0.15, 0.2) is 60.7 Å². The van der Waals surface area contributed by atoms with E-state index in [1.807, 2.05) is 42.5 Å². The SMILES string of the molecule is CC1(C)C(c2ccc(C(=O)O)cc2)=CC[C@@]2(C)C1CC[C@]1(C)C2CC[C@@H]2C3CCC[C@]3(NC(=O)CN[C@H](CO)c3ccccc3)CC[C@]21C. The first-order valence-electron chi connectivity index (χ1n) is 19.0. The average molecular weight is 667 g/mol. The number of carboxylic acids is 1. The Morgan fingerprint density at radius 1 is 0.816 bits per heavy atom. The molecular formula is C43H58N2O4. The minimum Gasteiger partial charge on any atom is -0.478 e. The fourth-order valence-electron chi connectivity index (χ4n) is 13.2. The van der Waals surface area contributed by atoms with E-state index in [0.29, 0.717) is 29.2 Å². The smallest absolute Gasteiger partial charge is 0.335 e. The number of amides is 1. The highest BCUT2D eigenvalue weighted by atomic mass is 16.4. The number of aromatic carboxylic acids is 1. The van der Waals surface area contributed by atoms with Crippen LogP contribution in [0, 0.1) is 45.3 Å². The minimum atomic E-state index is -0.876. The molecule has 4 fully saturated rings. The molecule has 5 aliphatic carbocycles. The summed E-state index contributed by atoms with van der Waals surface area (Å²) in [6.07, 6.45) is 14.2. The van der Waals surface area contributed by atoms with Gasteiger partial charge in [0, 0.05) is 5.54 Å². The van der Waals surface area contributed by atoms with Gasteiger partial charge in [0.1, 0.15) is 0 Å². The fraction of sp³-hybridized carbons (Fsp3) is 0.628. The van der Waals surface area contributed by atoms with Crippen LogP contribution in [-0.4, -0.2) is 40.8 Å². The number of fused-ring (bicyclic) bond motifs is 7. The third-order valence-corrected chi connectivity index (χ3v) is 15.7. The van der Waals surface area contributed by atoms with Gasteiger partial charge in [0.25, 0.3) is 0 Å². The molecule has 4 N–H and O–H groups in total. The summed E-state index contributed by atoms with van der Waals surface area (Å²) in [7, 11) is 0. The standard InChI is InChI=1S/C43H58N2O4/c1-39(2)31(28-13-15-30(16-14-28)38(48)49)19-22-40(3)35(39)20-23-42(5)36(40)18-17-32-33-12-9-21-43(33,25-24-41(32,42)4)45-37(47)26-44-34(27-46)29-10-7-6-8-11-29/h6-8,10-11,13-16,19,32-36,44,46H,9,12,17-18,20-27H2,1-5H3,(H,45,47)(H,48,49)/t32-,33?,34-,35?,36?,40+,41-,42-,43+/m1/s1. The molecule has 0 radical (unpaired) electrons. The number of rotatable bonds is 8. The largest absolute Gasteiger partial charge is 0.478 e. The highest BCUT2D eigenvalue weighted by molar-refractivity contribution is 5.88. The summed E-state index contributed by atoms with van der Waals surface area (Å²) in [6.45, 7) is 13.0. The van der Waals surface area contributed by atoms with Crippen molar-refractivity contribution in [3.8, 4) is 0 Å². The first-order chi connectivity index (χ1) is 23.3. The molecule has 264 valence electrons. The van der Waals surface area contributed by atoms with Gasteiger partial charge >= 0.3 is 5.97 Å². The second kappa shape index (κ2) is 12.4. The summed E-state index contributed by atoms with van der Waals surface area (Å²) < 4.78 is 0. The lowest BCUT2D eigenvalue weighted by molar-refractivity contribution is -0.216. The summed E-state index contributed by atoms with van der Waals surface area (Å²) >= 11 is 0. The maximum atomic E-state index is 13.6. The van der Waals surface area contributed by atoms with Crippen LogP contribution in [-0.2, 0) is 4.79 Å². The third-order valence-electron chi connectivity index (χ3n) is 15.7. The predicted octanol–water partition coefficient (Wildman–Crippen LogP) is 8.43. The molecule has 5 aliphatic rings. The number of aliphatic hydroxyl groups excluding tert-OH is 1. The second-order valence-electron chi connectivity index (χ2n) is 17.8. The average Bonchev–Trinajstić information content (AvgIpc) is 3.49. The van der Waals surface area contributed by atoms with Crippen molar-refractivity contribution in [1.29, 1.82) is 0 Å². The number of allylic oxidation sites excluding steroid dienone is 2. The second-order valence-corrected chi connectivity index (χ2v) is 17.8. The molecule has 0 heterocycles. The Kier molecular flexibility index (Phi) is 8.71. The Morgan fingerprint density at radius 2 is 1.55 bits per heavy atom. The van der Waals surface area contributed by atoms with E-state index in [-0.39, 0.29) is 52.3 Å². The van der Waals surface area contributed by atoms with Crippen LogP contribution in [0.25, 0.3) is 5.57 Å². The zero-order valence-corrected chi connectivity index (χ0v) is 30.4. The molecule has 2 aromatic rings. The van der Waals surface area contributed by atoms with E-state index in [2.05, 4.69) is 51.3 Å². The first-order valence-corrected chi connectivity index (χ1v) is 19.0. The lowest BCUT2D eigenvalue weighted by atomic mass is 9.33. The highest BCUT2D eigenvalue weighted by Gasteiger charge is 2.69. The Balaban J connectivity index is 1.10. The summed E-state index contributed by atoms with van der Waals surface area (Å²) in [5.41, 5.74) is 4.46. The molecule has 2 aromatic carbocycles. The van der Waals surface area contributed by atoms with Gasteiger partial charge in [-0.3, -0.25) is 10.1 Å². The number of carboxylic acid groups (broad SMARTS) is 1. The maximum Gasteiger partial charge on any atom is 0.335 e. The van der Waals surface area contributed by atoms with Crippen molar-refractivity contribution in [3.63, 3.8) is 0 Å². The van der Waals surface area contributed by atoms with E-state index in [0.717, 1.165) is 30.4 Å². The van der Waals surface area contributed by atoms with E-state index in [9.17, 15) is 19.8 Å². The normalized spacial score (nSPS) is 38.2. The molecule has 7 rings (SSSR count). The van der Waals surface area contributed by atoms with Gasteiger partial charge in [-0.2, -0.15) is 0 Å². The molecular weight excluding hydrogens is 608 g/mol. The van der Waals surface area contributed by atoms with Crippen molar-refractivity contribution in [2.45, 2.75) is 110 Å². The molecule has 0 saturated heterocycles. The van der Waals surface area contributed by atoms with E-state index in [1.165, 1.54) is 50.5 Å². The number of aliphatic hydroxyl groups is 1. The summed E-state index contributed by atoms with van der Waals surface area (Å²) in [5.74, 6) is 1.53. The third kappa shape index (κ3) is 5.34. The van der Waals surface area contributed by atoms with Crippen LogP contribution in [0.5, 0.6) is 0 Å². The van der Waals surface area contributed by atoms with Crippen LogP contribution >= 0.6 is 0 Å². The van der Waals surface area contributed by atoms with Gasteiger partial charge in [-0.1, -0.05) is 89.6 Å². The van der Waals surface area contributed by atoms with E-state index >= 15 is 0 Å². The molecule has 6 nitrogen and oxygen atoms in total. The first kappa shape index (κ1) is 34.5. The minimum absolute atomic E-state index is 0.00213. The van der Waals surface area contributed by atoms with E-state index < -0.39 is 5.97 Å². The molecule has 9 atom stereocenters. The highest BCUT2D eigenvalue weighted by Crippen LogP contribution is 2.76. The number of nitrogens with one attached hydrogen (secondary N) is 2. The van der Waals surface area contributed by atoms with Crippen molar-refractivity contribution in [2.75, 3.05) is 13.2 Å². The van der Waals surface area contributed by atoms with Gasteiger partial charge in [-0.05, 0) is 132 Å². The van der Waals surface area contributed by atoms with Gasteiger partial charge in [0.15, 0.2) is 0 Å². The molecule has 6 heteroatoms. The number of carbonyl (C=O) groups excluding carboxylic acids is 1. The molecule has 1 amide bonds. The van der Waals surface area contributed by atoms with Crippen molar-refractivity contribution < 1.29 is 19.8 Å². The van der Waals surface area contributed by atoms with Crippen LogP contribution in [0.3, 0.4) is 0 Å². The van der Waals surface area contributed by atoms with Crippen molar-refractivity contribution in [1.82, 2.24) is 10.6 Å². The zero-order chi connectivity index (χ0) is 34.8. The molecule has 0 spiro atoms. The number of carbonyl (C=O) groups is 2. The van der Waals surface area contributed by atoms with Crippen molar-refractivity contribution in [2.24, 2.45) is 45.3 Å². The summed E-state index contributed by atoms with van der Waals surface area (Å²) in [4.78, 5) is 25.1. The number of hydrogen-bond donors (Lipinski definition) is 4. The van der Waals surface area contributed by atoms with Gasteiger partial charge in [-0.25, -0.2) is 4.79 Å². The number of benzene rings is 2. The quantitative estimate of drug-likeness (QED) is 0.227. The van der Waals surface area contributed by atoms with Gasteiger partial charge in [-0.15, -0.1) is 0 Å². The molecule has 3 unspecified atom stereocenters. The van der Waals surface area contributed by atoms with E-state index in [4.69, 9.17) is 0 Å². The molecule has 0 aliphatic heterocycles. The van der Waals surface area contributed by atoms with Crippen molar-refractivity contribution >= 4 is 17.4 Å². The summed E-state index contributed by atoms with van der Waals surface area (Å²) in [6, 6.07) is 17.2. The van der Waals surface area contributed by atoms with Crippen LogP contribution in [0.1, 0.15) is 126 Å². The Hall–Kier alpha value is -2.96. The maximum absolute atomic E-state index is 13.6. The summed E-state index contributed by atoms with van der Waals surface area (Å²) in [5, 5.41) is 26.4. The van der Waals surface area contributed by atoms with E-state index in [1.54, 1.807) is 12.1 Å².